The number of nitrogens with zero attached hydrogens (tertiary/aromatic N) is 1. The number of hydrogen-bond donors (Lipinski definition) is 2. The molecule has 1 aliphatic heterocycles. The quantitative estimate of drug-likeness (QED) is 0.838. The number of hydrogen-bond acceptors (Lipinski definition) is 4. The molecule has 0 bridgehead atoms. The van der Waals surface area contributed by atoms with Crippen LogP contribution in [0.1, 0.15) is 25.3 Å². The average molecular weight is 353 g/mol. The summed E-state index contributed by atoms with van der Waals surface area (Å²) in [6.45, 7) is 5.91. The lowest BCUT2D eigenvalue weighted by Crippen LogP contribution is -2.41. The van der Waals surface area contributed by atoms with Crippen LogP contribution in [0.25, 0.3) is 0 Å². The Morgan fingerprint density at radius 1 is 1.19 bits per heavy atom. The Labute approximate surface area is 155 Å². The highest BCUT2D eigenvalue weighted by Gasteiger charge is 2.35. The first-order valence-electron chi connectivity index (χ1n) is 9.17. The lowest BCUT2D eigenvalue weighted by Gasteiger charge is -2.24. The van der Waals surface area contributed by atoms with Crippen molar-refractivity contribution in [1.29, 1.82) is 0 Å². The molecule has 2 aromatic carbocycles. The zero-order chi connectivity index (χ0) is 18.5. The standard InChI is InChI=1S/C21H27N3O2/c1-3-26-20-12-8-7-11-19(20)23-21(25)15(2)24-13-17(18(22)14-24)16-9-5-4-6-10-16/h4-12,15,17-18H,3,13-14,22H2,1-2H3,(H,23,25)/t15?,17-,18+/m0/s1. The number of benzene rings is 2. The van der Waals surface area contributed by atoms with Gasteiger partial charge in [0.1, 0.15) is 5.75 Å². The molecule has 1 saturated heterocycles. The fraction of sp³-hybridized carbons (Fsp3) is 0.381. The summed E-state index contributed by atoms with van der Waals surface area (Å²) < 4.78 is 5.59. The molecule has 3 atom stereocenters. The van der Waals surface area contributed by atoms with Crippen LogP contribution in [0, 0.1) is 0 Å². The van der Waals surface area contributed by atoms with Crippen molar-refractivity contribution >= 4 is 11.6 Å². The molecule has 26 heavy (non-hydrogen) atoms. The van der Waals surface area contributed by atoms with Crippen molar-refractivity contribution in [3.63, 3.8) is 0 Å². The fourth-order valence-electron chi connectivity index (χ4n) is 3.48. The molecule has 1 heterocycles. The van der Waals surface area contributed by atoms with Gasteiger partial charge in [-0.15, -0.1) is 0 Å². The van der Waals surface area contributed by atoms with Crippen LogP contribution in [-0.2, 0) is 4.79 Å². The number of carbonyl (C=O) groups excluding carboxylic acids is 1. The third kappa shape index (κ3) is 4.06. The third-order valence-electron chi connectivity index (χ3n) is 4.99. The summed E-state index contributed by atoms with van der Waals surface area (Å²) in [5.41, 5.74) is 8.30. The van der Waals surface area contributed by atoms with Crippen molar-refractivity contribution in [2.24, 2.45) is 5.73 Å². The van der Waals surface area contributed by atoms with E-state index in [4.69, 9.17) is 10.5 Å². The molecule has 5 heteroatoms. The van der Waals surface area contributed by atoms with Gasteiger partial charge in [0.2, 0.25) is 5.91 Å². The Bertz CT molecular complexity index is 735. The van der Waals surface area contributed by atoms with E-state index in [1.54, 1.807) is 0 Å². The summed E-state index contributed by atoms with van der Waals surface area (Å²) >= 11 is 0. The highest BCUT2D eigenvalue weighted by atomic mass is 16.5. The monoisotopic (exact) mass is 353 g/mol. The Morgan fingerprint density at radius 3 is 2.62 bits per heavy atom. The second kappa shape index (κ2) is 8.34. The smallest absolute Gasteiger partial charge is 0.241 e. The zero-order valence-electron chi connectivity index (χ0n) is 15.4. The van der Waals surface area contributed by atoms with Gasteiger partial charge in [0.15, 0.2) is 0 Å². The molecule has 138 valence electrons. The van der Waals surface area contributed by atoms with Crippen molar-refractivity contribution in [3.8, 4) is 5.75 Å². The maximum Gasteiger partial charge on any atom is 0.241 e. The number of amides is 1. The molecule has 1 fully saturated rings. The van der Waals surface area contributed by atoms with Crippen LogP contribution in [0.4, 0.5) is 5.69 Å². The summed E-state index contributed by atoms with van der Waals surface area (Å²) in [4.78, 5) is 14.9. The minimum absolute atomic E-state index is 0.0309. The van der Waals surface area contributed by atoms with Gasteiger partial charge in [-0.25, -0.2) is 0 Å². The molecule has 0 aliphatic carbocycles. The number of carbonyl (C=O) groups is 1. The van der Waals surface area contributed by atoms with E-state index in [-0.39, 0.29) is 23.9 Å². The van der Waals surface area contributed by atoms with Gasteiger partial charge >= 0.3 is 0 Å². The second-order valence-electron chi connectivity index (χ2n) is 6.73. The molecule has 1 aliphatic rings. The molecule has 0 radical (unpaired) electrons. The molecule has 2 aromatic rings. The van der Waals surface area contributed by atoms with Crippen LogP contribution < -0.4 is 15.8 Å². The molecule has 0 aromatic heterocycles. The molecule has 1 amide bonds. The van der Waals surface area contributed by atoms with E-state index >= 15 is 0 Å². The van der Waals surface area contributed by atoms with Gasteiger partial charge in [0.25, 0.3) is 0 Å². The van der Waals surface area contributed by atoms with Crippen LogP contribution in [0.15, 0.2) is 54.6 Å². The number of para-hydroxylation sites is 2. The van der Waals surface area contributed by atoms with Crippen molar-refractivity contribution in [3.05, 3.63) is 60.2 Å². The van der Waals surface area contributed by atoms with Crippen LogP contribution in [0.3, 0.4) is 0 Å². The first kappa shape index (κ1) is 18.4. The summed E-state index contributed by atoms with van der Waals surface area (Å²) in [6, 6.07) is 17.6. The highest BCUT2D eigenvalue weighted by Crippen LogP contribution is 2.29. The first-order chi connectivity index (χ1) is 12.6. The van der Waals surface area contributed by atoms with Crippen LogP contribution in [0.5, 0.6) is 5.75 Å². The number of likely N-dealkylation sites (tertiary alicyclic amines) is 1. The number of ether oxygens (including phenoxy) is 1. The summed E-state index contributed by atoms with van der Waals surface area (Å²) in [5, 5.41) is 3.00. The van der Waals surface area contributed by atoms with Gasteiger partial charge in [0.05, 0.1) is 18.3 Å². The van der Waals surface area contributed by atoms with Gasteiger partial charge in [-0.3, -0.25) is 9.69 Å². The maximum atomic E-state index is 12.8. The second-order valence-corrected chi connectivity index (χ2v) is 6.73. The van der Waals surface area contributed by atoms with Gasteiger partial charge in [-0.2, -0.15) is 0 Å². The van der Waals surface area contributed by atoms with Gasteiger partial charge in [0, 0.05) is 25.0 Å². The number of anilines is 1. The topological polar surface area (TPSA) is 67.6 Å². The van der Waals surface area contributed by atoms with Crippen molar-refractivity contribution in [2.75, 3.05) is 25.0 Å². The first-order valence-corrected chi connectivity index (χ1v) is 9.17. The minimum Gasteiger partial charge on any atom is -0.492 e. The maximum absolute atomic E-state index is 12.8. The number of rotatable bonds is 6. The van der Waals surface area contributed by atoms with Crippen LogP contribution in [-0.4, -0.2) is 42.6 Å². The van der Waals surface area contributed by atoms with Crippen LogP contribution >= 0.6 is 0 Å². The fourth-order valence-corrected chi connectivity index (χ4v) is 3.48. The van der Waals surface area contributed by atoms with E-state index < -0.39 is 0 Å². The molecule has 0 spiro atoms. The lowest BCUT2D eigenvalue weighted by molar-refractivity contribution is -0.120. The molecular formula is C21H27N3O2. The van der Waals surface area contributed by atoms with E-state index in [1.807, 2.05) is 56.3 Å². The zero-order valence-corrected chi connectivity index (χ0v) is 15.4. The number of nitrogens with one attached hydrogen (secondary N) is 1. The molecule has 1 unspecified atom stereocenters. The predicted octanol–water partition coefficient (Wildman–Crippen LogP) is 2.84. The molecular weight excluding hydrogens is 326 g/mol. The van der Waals surface area contributed by atoms with Crippen LogP contribution in [0.2, 0.25) is 0 Å². The van der Waals surface area contributed by atoms with E-state index in [1.165, 1.54) is 5.56 Å². The summed E-state index contributed by atoms with van der Waals surface area (Å²) in [6.07, 6.45) is 0. The Balaban J connectivity index is 1.66. The third-order valence-corrected chi connectivity index (χ3v) is 4.99. The molecule has 3 N–H and O–H groups in total. The Kier molecular flexibility index (Phi) is 5.91. The Hall–Kier alpha value is -2.37. The Morgan fingerprint density at radius 2 is 1.88 bits per heavy atom. The van der Waals surface area contributed by atoms with Crippen molar-refractivity contribution < 1.29 is 9.53 Å². The van der Waals surface area contributed by atoms with E-state index in [0.717, 1.165) is 6.54 Å². The molecule has 0 saturated carbocycles. The van der Waals surface area contributed by atoms with Gasteiger partial charge < -0.3 is 15.8 Å². The van der Waals surface area contributed by atoms with E-state index in [0.29, 0.717) is 24.6 Å². The molecule has 3 rings (SSSR count). The largest absolute Gasteiger partial charge is 0.492 e. The highest BCUT2D eigenvalue weighted by molar-refractivity contribution is 5.95. The van der Waals surface area contributed by atoms with Gasteiger partial charge in [-0.05, 0) is 31.5 Å². The van der Waals surface area contributed by atoms with Crippen molar-refractivity contribution in [1.82, 2.24) is 4.90 Å². The normalized spacial score (nSPS) is 21.3. The molecule has 5 nitrogen and oxygen atoms in total. The minimum atomic E-state index is -0.260. The average Bonchev–Trinajstić information content (AvgIpc) is 3.05. The summed E-state index contributed by atoms with van der Waals surface area (Å²) in [7, 11) is 0. The number of nitrogens with two attached hydrogens (primary N) is 1. The predicted molar refractivity (Wildman–Crippen MR) is 104 cm³/mol. The van der Waals surface area contributed by atoms with Crippen molar-refractivity contribution in [2.45, 2.75) is 31.8 Å². The van der Waals surface area contributed by atoms with E-state index in [9.17, 15) is 4.79 Å². The summed E-state index contributed by atoms with van der Waals surface area (Å²) in [5.74, 6) is 0.899. The van der Waals surface area contributed by atoms with E-state index in [2.05, 4.69) is 22.3 Å². The SMILES string of the molecule is CCOc1ccccc1NC(=O)C(C)N1C[C@@H](N)[C@H](c2ccccc2)C1. The van der Waals surface area contributed by atoms with Gasteiger partial charge in [-0.1, -0.05) is 42.5 Å². The lowest BCUT2D eigenvalue weighted by atomic mass is 9.95.